The molecule has 0 aromatic heterocycles. The van der Waals surface area contributed by atoms with Gasteiger partial charge in [0.1, 0.15) is 6.10 Å². The van der Waals surface area contributed by atoms with Gasteiger partial charge in [0, 0.05) is 17.5 Å². The third-order valence-corrected chi connectivity index (χ3v) is 4.74. The zero-order chi connectivity index (χ0) is 17.2. The topological polar surface area (TPSA) is 99.4 Å². The van der Waals surface area contributed by atoms with Crippen molar-refractivity contribution in [2.45, 2.75) is 38.1 Å². The number of phenols is 4. The lowest BCUT2D eigenvalue weighted by atomic mass is 9.82. The number of hydrogen-bond donors (Lipinski definition) is 4. The Morgan fingerprint density at radius 3 is 2.46 bits per heavy atom. The minimum atomic E-state index is -0.665. The Morgan fingerprint density at radius 2 is 1.71 bits per heavy atom. The van der Waals surface area contributed by atoms with Gasteiger partial charge in [0.25, 0.3) is 0 Å². The van der Waals surface area contributed by atoms with Crippen molar-refractivity contribution in [2.75, 3.05) is 0 Å². The van der Waals surface area contributed by atoms with E-state index in [2.05, 4.69) is 0 Å². The molecule has 4 N–H and O–H groups in total. The molecule has 2 aliphatic heterocycles. The van der Waals surface area contributed by atoms with Crippen LogP contribution < -0.4 is 4.74 Å². The summed E-state index contributed by atoms with van der Waals surface area (Å²) in [6.45, 7) is 3.78. The molecule has 0 fully saturated rings. The minimum absolute atomic E-state index is 0.220. The fourth-order valence-electron chi connectivity index (χ4n) is 3.58. The third kappa shape index (κ3) is 1.99. The Labute approximate surface area is 138 Å². The molecule has 2 aromatic rings. The molecule has 0 saturated heterocycles. The molecule has 0 unspecified atom stereocenters. The van der Waals surface area contributed by atoms with E-state index in [-0.39, 0.29) is 34.9 Å². The van der Waals surface area contributed by atoms with E-state index in [0.29, 0.717) is 17.5 Å². The Balaban J connectivity index is 1.88. The van der Waals surface area contributed by atoms with Gasteiger partial charge >= 0.3 is 0 Å². The minimum Gasteiger partial charge on any atom is -0.504 e. The van der Waals surface area contributed by atoms with Crippen LogP contribution in [0.15, 0.2) is 24.3 Å². The molecule has 4 rings (SSSR count). The van der Waals surface area contributed by atoms with E-state index in [1.165, 1.54) is 18.2 Å². The fraction of sp³-hybridized carbons (Fsp3) is 0.333. The van der Waals surface area contributed by atoms with Gasteiger partial charge < -0.3 is 29.9 Å². The summed E-state index contributed by atoms with van der Waals surface area (Å²) in [5.74, 6) is -0.795. The lowest BCUT2D eigenvalue weighted by molar-refractivity contribution is -0.140. The maximum absolute atomic E-state index is 10.1. The van der Waals surface area contributed by atoms with Crippen LogP contribution in [0.5, 0.6) is 28.7 Å². The van der Waals surface area contributed by atoms with E-state index in [1.807, 2.05) is 13.8 Å². The second-order valence-corrected chi connectivity index (χ2v) is 6.76. The number of fused-ring (bicyclic) bond motifs is 4. The predicted octanol–water partition coefficient (Wildman–Crippen LogP) is 2.82. The van der Waals surface area contributed by atoms with Gasteiger partial charge in [0.15, 0.2) is 29.1 Å². The molecule has 2 aliphatic rings. The van der Waals surface area contributed by atoms with Gasteiger partial charge in [-0.05, 0) is 37.6 Å². The molecule has 0 amide bonds. The quantitative estimate of drug-likeness (QED) is 0.554. The summed E-state index contributed by atoms with van der Waals surface area (Å²) in [6.07, 6.45) is -0.370. The standard InChI is InChI=1S/C18H18O6/c1-18(2)10-7-13(21)12(20)6-9(10)17-14(24-18)5-8-3-4-11(19)15(22)16(8)23-17/h3-4,6-7,14,17,19-22H,5H2,1-2H3/t14-,17+/m0/s1. The molecule has 0 aliphatic carbocycles. The number of benzene rings is 2. The zero-order valence-electron chi connectivity index (χ0n) is 13.3. The van der Waals surface area contributed by atoms with Crippen LogP contribution in [0.25, 0.3) is 0 Å². The van der Waals surface area contributed by atoms with E-state index in [4.69, 9.17) is 9.47 Å². The summed E-state index contributed by atoms with van der Waals surface area (Å²) in [6, 6.07) is 6.06. The second-order valence-electron chi connectivity index (χ2n) is 6.76. The summed E-state index contributed by atoms with van der Waals surface area (Å²) in [5, 5.41) is 39.5. The van der Waals surface area contributed by atoms with Gasteiger partial charge in [-0.3, -0.25) is 0 Å². The van der Waals surface area contributed by atoms with E-state index < -0.39 is 11.7 Å². The first-order valence-electron chi connectivity index (χ1n) is 7.72. The van der Waals surface area contributed by atoms with Gasteiger partial charge in [0.2, 0.25) is 5.75 Å². The van der Waals surface area contributed by atoms with Crippen LogP contribution in [0, 0.1) is 0 Å². The van der Waals surface area contributed by atoms with E-state index in [0.717, 1.165) is 5.56 Å². The van der Waals surface area contributed by atoms with E-state index in [9.17, 15) is 20.4 Å². The highest BCUT2D eigenvalue weighted by atomic mass is 16.6. The Bertz CT molecular complexity index is 842. The largest absolute Gasteiger partial charge is 0.504 e. The first-order valence-corrected chi connectivity index (χ1v) is 7.72. The highest BCUT2D eigenvalue weighted by Crippen LogP contribution is 2.52. The molecule has 6 nitrogen and oxygen atoms in total. The molecule has 0 radical (unpaired) electrons. The van der Waals surface area contributed by atoms with E-state index in [1.54, 1.807) is 6.07 Å². The molecule has 0 saturated carbocycles. The molecule has 0 spiro atoms. The first kappa shape index (κ1) is 15.0. The number of hydrogen-bond acceptors (Lipinski definition) is 6. The van der Waals surface area contributed by atoms with Crippen molar-refractivity contribution >= 4 is 0 Å². The monoisotopic (exact) mass is 330 g/mol. The third-order valence-electron chi connectivity index (χ3n) is 4.74. The molecule has 2 heterocycles. The number of rotatable bonds is 0. The van der Waals surface area contributed by atoms with Crippen LogP contribution in [-0.2, 0) is 16.8 Å². The van der Waals surface area contributed by atoms with Crippen LogP contribution in [-0.4, -0.2) is 26.5 Å². The van der Waals surface area contributed by atoms with Crippen molar-refractivity contribution in [3.05, 3.63) is 41.0 Å². The van der Waals surface area contributed by atoms with Crippen molar-refractivity contribution in [1.82, 2.24) is 0 Å². The van der Waals surface area contributed by atoms with Crippen molar-refractivity contribution in [1.29, 1.82) is 0 Å². The molecule has 126 valence electrons. The van der Waals surface area contributed by atoms with Crippen LogP contribution in [0.1, 0.15) is 36.6 Å². The van der Waals surface area contributed by atoms with Crippen LogP contribution in [0.4, 0.5) is 0 Å². The molecule has 2 aromatic carbocycles. The fourth-order valence-corrected chi connectivity index (χ4v) is 3.58. The van der Waals surface area contributed by atoms with Crippen LogP contribution in [0.2, 0.25) is 0 Å². The SMILES string of the molecule is CC1(C)O[C@H]2Cc3ccc(O)c(O)c3O[C@@H]2c2cc(O)c(O)cc21. The molecule has 24 heavy (non-hydrogen) atoms. The zero-order valence-corrected chi connectivity index (χ0v) is 13.3. The smallest absolute Gasteiger partial charge is 0.200 e. The summed E-state index contributed by atoms with van der Waals surface area (Å²) in [5.41, 5.74) is 1.48. The van der Waals surface area contributed by atoms with Gasteiger partial charge in [0.05, 0.1) is 5.60 Å². The molecular weight excluding hydrogens is 312 g/mol. The van der Waals surface area contributed by atoms with Gasteiger partial charge in [-0.15, -0.1) is 0 Å². The average molecular weight is 330 g/mol. The summed E-state index contributed by atoms with van der Waals surface area (Å²) >= 11 is 0. The molecule has 0 bridgehead atoms. The van der Waals surface area contributed by atoms with Crippen LogP contribution >= 0.6 is 0 Å². The van der Waals surface area contributed by atoms with Crippen molar-refractivity contribution < 1.29 is 29.9 Å². The predicted molar refractivity (Wildman–Crippen MR) is 84.5 cm³/mol. The maximum Gasteiger partial charge on any atom is 0.200 e. The molecule has 6 heteroatoms. The van der Waals surface area contributed by atoms with Gasteiger partial charge in [-0.1, -0.05) is 6.07 Å². The first-order chi connectivity index (χ1) is 11.3. The Hall–Kier alpha value is -2.60. The summed E-state index contributed by atoms with van der Waals surface area (Å²) in [7, 11) is 0. The number of ether oxygens (including phenoxy) is 2. The van der Waals surface area contributed by atoms with Gasteiger partial charge in [-0.25, -0.2) is 0 Å². The Morgan fingerprint density at radius 1 is 1.00 bits per heavy atom. The Kier molecular flexibility index (Phi) is 2.93. The number of phenolic OH excluding ortho intramolecular Hbond substituents is 4. The van der Waals surface area contributed by atoms with Crippen molar-refractivity contribution in [3.8, 4) is 28.7 Å². The van der Waals surface area contributed by atoms with E-state index >= 15 is 0 Å². The highest BCUT2D eigenvalue weighted by Gasteiger charge is 2.45. The molecule has 2 atom stereocenters. The molecular formula is C18H18O6. The second kappa shape index (κ2) is 4.70. The maximum atomic E-state index is 10.1. The van der Waals surface area contributed by atoms with Gasteiger partial charge in [-0.2, -0.15) is 0 Å². The summed E-state index contributed by atoms with van der Waals surface area (Å²) < 4.78 is 12.1. The number of aromatic hydroxyl groups is 4. The average Bonchev–Trinajstić information content (AvgIpc) is 2.52. The highest BCUT2D eigenvalue weighted by molar-refractivity contribution is 5.57. The van der Waals surface area contributed by atoms with Crippen molar-refractivity contribution in [2.24, 2.45) is 0 Å². The lowest BCUT2D eigenvalue weighted by Crippen LogP contribution is -2.44. The summed E-state index contributed by atoms with van der Waals surface area (Å²) in [4.78, 5) is 0. The van der Waals surface area contributed by atoms with Crippen molar-refractivity contribution in [3.63, 3.8) is 0 Å². The van der Waals surface area contributed by atoms with Crippen LogP contribution in [0.3, 0.4) is 0 Å². The lowest BCUT2D eigenvalue weighted by Gasteiger charge is -2.45. The normalized spacial score (nSPS) is 23.6.